The minimum atomic E-state index is 0.221. The van der Waals surface area contributed by atoms with Crippen molar-refractivity contribution in [3.63, 3.8) is 0 Å². The van der Waals surface area contributed by atoms with Crippen molar-refractivity contribution in [3.8, 4) is 5.75 Å². The molecule has 0 amide bonds. The molecule has 0 aromatic heterocycles. The highest BCUT2D eigenvalue weighted by Crippen LogP contribution is 2.24. The first-order valence-electron chi connectivity index (χ1n) is 6.60. The minimum absolute atomic E-state index is 0.221. The molecule has 0 radical (unpaired) electrons. The molecule has 0 fully saturated rings. The van der Waals surface area contributed by atoms with Crippen LogP contribution in [0.4, 0.5) is 5.69 Å². The Hall–Kier alpha value is -1.52. The summed E-state index contributed by atoms with van der Waals surface area (Å²) in [7, 11) is 0. The Labute approximate surface area is 127 Å². The van der Waals surface area contributed by atoms with E-state index in [1.54, 1.807) is 6.07 Å². The number of aryl methyl sites for hydroxylation is 1. The summed E-state index contributed by atoms with van der Waals surface area (Å²) in [6.07, 6.45) is 1.67. The molecule has 0 unspecified atom stereocenters. The maximum Gasteiger partial charge on any atom is 0.129 e. The van der Waals surface area contributed by atoms with Crippen molar-refractivity contribution in [2.45, 2.75) is 19.4 Å². The maximum atomic E-state index is 9.46. The molecule has 3 N–H and O–H groups in total. The second kappa shape index (κ2) is 7.31. The number of halogens is 1. The Morgan fingerprint density at radius 2 is 1.90 bits per heavy atom. The zero-order valence-electron chi connectivity index (χ0n) is 11.1. The molecule has 3 nitrogen and oxygen atoms in total. The van der Waals surface area contributed by atoms with Crippen LogP contribution in [-0.2, 0) is 13.0 Å². The van der Waals surface area contributed by atoms with Crippen LogP contribution in [-0.4, -0.2) is 16.8 Å². The topological polar surface area (TPSA) is 52.5 Å². The number of aliphatic hydroxyl groups is 1. The fourth-order valence-electron chi connectivity index (χ4n) is 1.98. The summed E-state index contributed by atoms with van der Waals surface area (Å²) in [4.78, 5) is 0. The molecule has 0 saturated carbocycles. The molecule has 0 aliphatic heterocycles. The SMILES string of the molecule is OCCCc1cccc(NCc2ccc(O)c(Br)c2)c1. The summed E-state index contributed by atoms with van der Waals surface area (Å²) in [6, 6.07) is 13.7. The van der Waals surface area contributed by atoms with Crippen molar-refractivity contribution >= 4 is 21.6 Å². The number of aliphatic hydroxyl groups excluding tert-OH is 1. The minimum Gasteiger partial charge on any atom is -0.507 e. The molecule has 2 rings (SSSR count). The van der Waals surface area contributed by atoms with Crippen LogP contribution in [0.3, 0.4) is 0 Å². The van der Waals surface area contributed by atoms with E-state index in [0.29, 0.717) is 11.0 Å². The Kier molecular flexibility index (Phi) is 5.44. The highest BCUT2D eigenvalue weighted by Gasteiger charge is 2.00. The average Bonchev–Trinajstić information content (AvgIpc) is 2.47. The molecule has 0 aliphatic rings. The van der Waals surface area contributed by atoms with E-state index in [4.69, 9.17) is 5.11 Å². The molecule has 0 aliphatic carbocycles. The summed E-state index contributed by atoms with van der Waals surface area (Å²) in [5, 5.41) is 21.7. The van der Waals surface area contributed by atoms with Gasteiger partial charge in [0.2, 0.25) is 0 Å². The van der Waals surface area contributed by atoms with Crippen LogP contribution in [0, 0.1) is 0 Å². The van der Waals surface area contributed by atoms with E-state index in [2.05, 4.69) is 33.4 Å². The van der Waals surface area contributed by atoms with Gasteiger partial charge in [0.05, 0.1) is 4.47 Å². The summed E-state index contributed by atoms with van der Waals surface area (Å²) >= 11 is 3.31. The molecule has 2 aromatic carbocycles. The Bertz CT molecular complexity index is 572. The zero-order chi connectivity index (χ0) is 14.4. The number of aromatic hydroxyl groups is 1. The fourth-order valence-corrected chi connectivity index (χ4v) is 2.41. The van der Waals surface area contributed by atoms with Gasteiger partial charge in [0.25, 0.3) is 0 Å². The van der Waals surface area contributed by atoms with E-state index in [9.17, 15) is 5.11 Å². The Balaban J connectivity index is 1.97. The van der Waals surface area contributed by atoms with Crippen LogP contribution < -0.4 is 5.32 Å². The molecule has 20 heavy (non-hydrogen) atoms. The first kappa shape index (κ1) is 14.9. The second-order valence-electron chi connectivity index (χ2n) is 4.67. The third kappa shape index (κ3) is 4.25. The van der Waals surface area contributed by atoms with Crippen LogP contribution in [0.2, 0.25) is 0 Å². The standard InChI is InChI=1S/C16H18BrNO2/c17-15-10-13(6-7-16(15)20)11-18-14-5-1-3-12(9-14)4-2-8-19/h1,3,5-7,9-10,18-20H,2,4,8,11H2. The van der Waals surface area contributed by atoms with Gasteiger partial charge >= 0.3 is 0 Å². The smallest absolute Gasteiger partial charge is 0.129 e. The van der Waals surface area contributed by atoms with Crippen molar-refractivity contribution in [1.29, 1.82) is 0 Å². The summed E-state index contributed by atoms with van der Waals surface area (Å²) in [5.41, 5.74) is 3.37. The van der Waals surface area contributed by atoms with Crippen molar-refractivity contribution < 1.29 is 10.2 Å². The normalized spacial score (nSPS) is 10.5. The van der Waals surface area contributed by atoms with Crippen molar-refractivity contribution in [2.24, 2.45) is 0 Å². The number of hydrogen-bond donors (Lipinski definition) is 3. The monoisotopic (exact) mass is 335 g/mol. The number of anilines is 1. The summed E-state index contributed by atoms with van der Waals surface area (Å²) < 4.78 is 0.702. The number of phenolic OH excluding ortho intramolecular Hbond substituents is 1. The lowest BCUT2D eigenvalue weighted by Gasteiger charge is -2.09. The molecule has 0 spiro atoms. The van der Waals surface area contributed by atoms with E-state index < -0.39 is 0 Å². The van der Waals surface area contributed by atoms with Crippen molar-refractivity contribution in [1.82, 2.24) is 0 Å². The van der Waals surface area contributed by atoms with Crippen molar-refractivity contribution in [2.75, 3.05) is 11.9 Å². The number of phenols is 1. The lowest BCUT2D eigenvalue weighted by Crippen LogP contribution is -2.00. The third-order valence-corrected chi connectivity index (χ3v) is 3.69. The highest BCUT2D eigenvalue weighted by atomic mass is 79.9. The van der Waals surface area contributed by atoms with Gasteiger partial charge in [-0.15, -0.1) is 0 Å². The van der Waals surface area contributed by atoms with Gasteiger partial charge in [-0.2, -0.15) is 0 Å². The largest absolute Gasteiger partial charge is 0.507 e. The lowest BCUT2D eigenvalue weighted by atomic mass is 10.1. The van der Waals surface area contributed by atoms with Crippen LogP contribution in [0.5, 0.6) is 5.75 Å². The van der Waals surface area contributed by atoms with Gasteiger partial charge in [0, 0.05) is 18.8 Å². The lowest BCUT2D eigenvalue weighted by molar-refractivity contribution is 0.288. The van der Waals surface area contributed by atoms with E-state index in [-0.39, 0.29) is 12.4 Å². The first-order chi connectivity index (χ1) is 9.69. The molecule has 0 saturated heterocycles. The van der Waals surface area contributed by atoms with Crippen LogP contribution in [0.15, 0.2) is 46.9 Å². The summed E-state index contributed by atoms with van der Waals surface area (Å²) in [6.45, 7) is 0.918. The van der Waals surface area contributed by atoms with Crippen molar-refractivity contribution in [3.05, 3.63) is 58.1 Å². The molecule has 0 atom stereocenters. The van der Waals surface area contributed by atoms with Gasteiger partial charge in [-0.25, -0.2) is 0 Å². The Morgan fingerprint density at radius 1 is 1.05 bits per heavy atom. The van der Waals surface area contributed by atoms with Crippen LogP contribution in [0.1, 0.15) is 17.5 Å². The van der Waals surface area contributed by atoms with Gasteiger partial charge < -0.3 is 15.5 Å². The predicted molar refractivity (Wildman–Crippen MR) is 85.0 cm³/mol. The quantitative estimate of drug-likeness (QED) is 0.754. The Morgan fingerprint density at radius 3 is 2.65 bits per heavy atom. The highest BCUT2D eigenvalue weighted by molar-refractivity contribution is 9.10. The zero-order valence-corrected chi connectivity index (χ0v) is 12.7. The van der Waals surface area contributed by atoms with Gasteiger partial charge in [-0.05, 0) is 64.2 Å². The number of hydrogen-bond acceptors (Lipinski definition) is 3. The van der Waals surface area contributed by atoms with Gasteiger partial charge in [0.15, 0.2) is 0 Å². The summed E-state index contributed by atoms with van der Waals surface area (Å²) in [5.74, 6) is 0.250. The molecule has 106 valence electrons. The van der Waals surface area contributed by atoms with E-state index in [0.717, 1.165) is 24.1 Å². The van der Waals surface area contributed by atoms with Gasteiger partial charge in [-0.3, -0.25) is 0 Å². The molecule has 0 bridgehead atoms. The first-order valence-corrected chi connectivity index (χ1v) is 7.39. The van der Waals surface area contributed by atoms with E-state index >= 15 is 0 Å². The van der Waals surface area contributed by atoms with E-state index in [1.807, 2.05) is 24.3 Å². The second-order valence-corrected chi connectivity index (χ2v) is 5.52. The number of nitrogens with one attached hydrogen (secondary N) is 1. The predicted octanol–water partition coefficient (Wildman–Crippen LogP) is 3.69. The third-order valence-electron chi connectivity index (χ3n) is 3.06. The fraction of sp³-hybridized carbons (Fsp3) is 0.250. The average molecular weight is 336 g/mol. The molecule has 0 heterocycles. The maximum absolute atomic E-state index is 9.46. The molecular formula is C16H18BrNO2. The molecule has 2 aromatic rings. The van der Waals surface area contributed by atoms with Crippen LogP contribution >= 0.6 is 15.9 Å². The number of rotatable bonds is 6. The van der Waals surface area contributed by atoms with Crippen LogP contribution in [0.25, 0.3) is 0 Å². The van der Waals surface area contributed by atoms with Gasteiger partial charge in [0.1, 0.15) is 5.75 Å². The molecular weight excluding hydrogens is 318 g/mol. The van der Waals surface area contributed by atoms with Gasteiger partial charge in [-0.1, -0.05) is 18.2 Å². The van der Waals surface area contributed by atoms with E-state index in [1.165, 1.54) is 5.56 Å². The number of benzene rings is 2. The molecule has 4 heteroatoms.